The number of thioether (sulfide) groups is 1. The topological polar surface area (TPSA) is 51.1 Å². The van der Waals surface area contributed by atoms with Crippen LogP contribution in [-0.2, 0) is 4.79 Å². The van der Waals surface area contributed by atoms with Gasteiger partial charge in [0, 0.05) is 7.05 Å². The number of amides is 1. The largest absolute Gasteiger partial charge is 0.493 e. The number of methoxy groups -OCH3 is 1. The molecular formula is C22H22N2O3S. The second-order valence-corrected chi connectivity index (χ2v) is 7.22. The van der Waals surface area contributed by atoms with E-state index in [1.807, 2.05) is 55.5 Å². The van der Waals surface area contributed by atoms with E-state index in [-0.39, 0.29) is 5.91 Å². The van der Waals surface area contributed by atoms with Crippen LogP contribution < -0.4 is 9.47 Å². The molecule has 0 aliphatic carbocycles. The minimum atomic E-state index is -0.0817. The lowest BCUT2D eigenvalue weighted by Crippen LogP contribution is -2.23. The van der Waals surface area contributed by atoms with Crippen LogP contribution in [0.5, 0.6) is 11.5 Å². The predicted octanol–water partition coefficient (Wildman–Crippen LogP) is 4.80. The Bertz CT molecular complexity index is 949. The average Bonchev–Trinajstić information content (AvgIpc) is 2.96. The van der Waals surface area contributed by atoms with Gasteiger partial charge in [0.15, 0.2) is 16.7 Å². The monoisotopic (exact) mass is 394 g/mol. The van der Waals surface area contributed by atoms with Crippen LogP contribution in [0.15, 0.2) is 65.0 Å². The van der Waals surface area contributed by atoms with Crippen LogP contribution in [0.2, 0.25) is 0 Å². The normalized spacial score (nSPS) is 16.7. The van der Waals surface area contributed by atoms with E-state index in [2.05, 4.69) is 11.6 Å². The number of aryl methyl sites for hydroxylation is 1. The first-order valence-electron chi connectivity index (χ1n) is 8.76. The number of carbonyl (C=O) groups excluding carboxylic acids is 1. The molecule has 1 saturated heterocycles. The van der Waals surface area contributed by atoms with E-state index >= 15 is 0 Å². The zero-order valence-corrected chi connectivity index (χ0v) is 17.0. The van der Waals surface area contributed by atoms with Crippen molar-refractivity contribution in [2.75, 3.05) is 20.8 Å². The van der Waals surface area contributed by atoms with Crippen molar-refractivity contribution < 1.29 is 14.3 Å². The smallest absolute Gasteiger partial charge is 0.266 e. The molecule has 1 aliphatic heterocycles. The van der Waals surface area contributed by atoms with E-state index < -0.39 is 0 Å². The molecule has 0 aromatic heterocycles. The highest BCUT2D eigenvalue weighted by Gasteiger charge is 2.30. The first kappa shape index (κ1) is 19.8. The van der Waals surface area contributed by atoms with Gasteiger partial charge in [-0.2, -0.15) is 0 Å². The highest BCUT2D eigenvalue weighted by molar-refractivity contribution is 8.18. The van der Waals surface area contributed by atoms with Crippen LogP contribution in [0.3, 0.4) is 0 Å². The van der Waals surface area contributed by atoms with Crippen molar-refractivity contribution in [2.45, 2.75) is 6.92 Å². The van der Waals surface area contributed by atoms with Crippen molar-refractivity contribution in [1.82, 2.24) is 4.90 Å². The zero-order chi connectivity index (χ0) is 20.1. The van der Waals surface area contributed by atoms with E-state index in [9.17, 15) is 4.79 Å². The summed E-state index contributed by atoms with van der Waals surface area (Å²) in [6.45, 7) is 6.07. The number of hydrogen-bond donors (Lipinski definition) is 0. The molecule has 28 heavy (non-hydrogen) atoms. The molecule has 1 aliphatic rings. The van der Waals surface area contributed by atoms with Gasteiger partial charge in [-0.1, -0.05) is 36.4 Å². The summed E-state index contributed by atoms with van der Waals surface area (Å²) < 4.78 is 11.0. The molecule has 2 aromatic carbocycles. The molecular weight excluding hydrogens is 372 g/mol. The van der Waals surface area contributed by atoms with Gasteiger partial charge in [-0.25, -0.2) is 4.99 Å². The Morgan fingerprint density at radius 1 is 1.18 bits per heavy atom. The van der Waals surface area contributed by atoms with E-state index in [0.717, 1.165) is 11.3 Å². The summed E-state index contributed by atoms with van der Waals surface area (Å²) in [5.74, 6) is 1.16. The quantitative estimate of drug-likeness (QED) is 0.522. The van der Waals surface area contributed by atoms with Gasteiger partial charge in [0.1, 0.15) is 6.61 Å². The minimum Gasteiger partial charge on any atom is -0.493 e. The second-order valence-electron chi connectivity index (χ2n) is 6.21. The molecule has 5 nitrogen and oxygen atoms in total. The Balaban J connectivity index is 1.85. The predicted molar refractivity (Wildman–Crippen MR) is 115 cm³/mol. The fourth-order valence-electron chi connectivity index (χ4n) is 2.57. The summed E-state index contributed by atoms with van der Waals surface area (Å²) in [6.07, 6.45) is 3.51. The fourth-order valence-corrected chi connectivity index (χ4v) is 3.56. The average molecular weight is 394 g/mol. The second kappa shape index (κ2) is 8.80. The molecule has 0 spiro atoms. The summed E-state index contributed by atoms with van der Waals surface area (Å²) >= 11 is 1.35. The Morgan fingerprint density at radius 3 is 2.61 bits per heavy atom. The molecule has 0 bridgehead atoms. The lowest BCUT2D eigenvalue weighted by molar-refractivity contribution is -0.121. The third-order valence-electron chi connectivity index (χ3n) is 4.10. The van der Waals surface area contributed by atoms with Crippen LogP contribution in [0.1, 0.15) is 11.1 Å². The van der Waals surface area contributed by atoms with Crippen molar-refractivity contribution in [3.05, 3.63) is 71.2 Å². The molecule has 0 N–H and O–H groups in total. The molecule has 2 aromatic rings. The lowest BCUT2D eigenvalue weighted by Gasteiger charge is -2.10. The van der Waals surface area contributed by atoms with Crippen LogP contribution >= 0.6 is 11.8 Å². The summed E-state index contributed by atoms with van der Waals surface area (Å²) in [7, 11) is 3.32. The number of benzene rings is 2. The van der Waals surface area contributed by atoms with Gasteiger partial charge in [-0.15, -0.1) is 0 Å². The minimum absolute atomic E-state index is 0.0817. The van der Waals surface area contributed by atoms with Gasteiger partial charge in [0.2, 0.25) is 0 Å². The highest BCUT2D eigenvalue weighted by Crippen LogP contribution is 2.35. The Morgan fingerprint density at radius 2 is 1.93 bits per heavy atom. The lowest BCUT2D eigenvalue weighted by atomic mass is 10.2. The van der Waals surface area contributed by atoms with Gasteiger partial charge in [0.25, 0.3) is 5.91 Å². The molecule has 0 unspecified atom stereocenters. The molecule has 6 heteroatoms. The van der Waals surface area contributed by atoms with E-state index in [1.165, 1.54) is 17.3 Å². The number of amidine groups is 1. The van der Waals surface area contributed by atoms with Gasteiger partial charge >= 0.3 is 0 Å². The van der Waals surface area contributed by atoms with Crippen molar-refractivity contribution in [3.8, 4) is 11.5 Å². The maximum atomic E-state index is 12.6. The van der Waals surface area contributed by atoms with Crippen LogP contribution in [0.4, 0.5) is 5.69 Å². The molecule has 1 heterocycles. The summed E-state index contributed by atoms with van der Waals surface area (Å²) in [5.41, 5.74) is 2.84. The molecule has 3 rings (SSSR count). The third kappa shape index (κ3) is 4.46. The molecule has 1 fully saturated rings. The van der Waals surface area contributed by atoms with Crippen molar-refractivity contribution in [2.24, 2.45) is 4.99 Å². The third-order valence-corrected chi connectivity index (χ3v) is 5.16. The maximum Gasteiger partial charge on any atom is 0.266 e. The highest BCUT2D eigenvalue weighted by atomic mass is 32.2. The number of ether oxygens (including phenoxy) is 2. The fraction of sp³-hybridized carbons (Fsp3) is 0.182. The number of carbonyl (C=O) groups is 1. The molecule has 144 valence electrons. The van der Waals surface area contributed by atoms with Crippen molar-refractivity contribution >= 4 is 34.6 Å². The molecule has 0 saturated carbocycles. The van der Waals surface area contributed by atoms with Crippen molar-refractivity contribution in [3.63, 3.8) is 0 Å². The van der Waals surface area contributed by atoms with Crippen molar-refractivity contribution in [1.29, 1.82) is 0 Å². The number of likely N-dealkylation sites (N-methyl/N-ethyl adjacent to an activating group) is 1. The van der Waals surface area contributed by atoms with E-state index in [0.29, 0.717) is 28.2 Å². The number of rotatable bonds is 6. The molecule has 0 atom stereocenters. The standard InChI is InChI=1S/C22H22N2O3S/c1-5-12-27-18-11-8-16(13-19(18)26-4)14-20-21(25)24(3)22(28-20)23-17-9-6-15(2)7-10-17/h5-11,13-14H,1,12H2,2-4H3/b20-14+,23-22?. The molecule has 1 amide bonds. The van der Waals surface area contributed by atoms with Crippen LogP contribution in [0, 0.1) is 6.92 Å². The van der Waals surface area contributed by atoms with Crippen LogP contribution in [0.25, 0.3) is 6.08 Å². The first-order valence-corrected chi connectivity index (χ1v) is 9.58. The van der Waals surface area contributed by atoms with Gasteiger partial charge in [-0.3, -0.25) is 9.69 Å². The Labute approximate surface area is 169 Å². The number of nitrogens with zero attached hydrogens (tertiary/aromatic N) is 2. The van der Waals surface area contributed by atoms with Crippen LogP contribution in [-0.4, -0.2) is 36.7 Å². The first-order chi connectivity index (χ1) is 13.5. The summed E-state index contributed by atoms with van der Waals surface area (Å²) in [5, 5.41) is 0.651. The number of aliphatic imine (C=N–C) groups is 1. The number of hydrogen-bond acceptors (Lipinski definition) is 5. The Kier molecular flexibility index (Phi) is 6.21. The van der Waals surface area contributed by atoms with Gasteiger partial charge in [0.05, 0.1) is 17.7 Å². The van der Waals surface area contributed by atoms with E-state index in [1.54, 1.807) is 25.1 Å². The van der Waals surface area contributed by atoms with E-state index in [4.69, 9.17) is 9.47 Å². The Hall–Kier alpha value is -2.99. The maximum absolute atomic E-state index is 12.6. The summed E-state index contributed by atoms with van der Waals surface area (Å²) in [6, 6.07) is 13.4. The van der Waals surface area contributed by atoms with Gasteiger partial charge < -0.3 is 9.47 Å². The van der Waals surface area contributed by atoms with Gasteiger partial charge in [-0.05, 0) is 54.6 Å². The zero-order valence-electron chi connectivity index (χ0n) is 16.1. The molecule has 0 radical (unpaired) electrons. The summed E-state index contributed by atoms with van der Waals surface area (Å²) in [4.78, 5) is 19.4. The SMILES string of the molecule is C=CCOc1ccc(/C=C2/SC(=Nc3ccc(C)cc3)N(C)C2=O)cc1OC.